The maximum absolute atomic E-state index is 12.7. The van der Waals surface area contributed by atoms with Crippen molar-refractivity contribution in [3.63, 3.8) is 0 Å². The lowest BCUT2D eigenvalue weighted by Crippen LogP contribution is -2.12. The number of aryl methyl sites for hydroxylation is 1. The molecule has 9 heteroatoms. The number of nitrogens with one attached hydrogen (secondary N) is 1. The van der Waals surface area contributed by atoms with E-state index in [2.05, 4.69) is 27.3 Å². The Hall–Kier alpha value is -3.59. The van der Waals surface area contributed by atoms with Gasteiger partial charge in [-0.15, -0.1) is 0 Å². The number of rotatable bonds is 8. The third-order valence-corrected chi connectivity index (χ3v) is 6.25. The molecule has 8 nitrogen and oxygen atoms in total. The zero-order chi connectivity index (χ0) is 23.4. The number of nitrogens with zero attached hydrogens (tertiary/aromatic N) is 4. The van der Waals surface area contributed by atoms with Gasteiger partial charge >= 0.3 is 0 Å². The summed E-state index contributed by atoms with van der Waals surface area (Å²) in [4.78, 5) is 22.6. The number of aromatic nitrogens is 4. The molecular weight excluding hydrogens is 438 g/mol. The van der Waals surface area contributed by atoms with E-state index >= 15 is 0 Å². The van der Waals surface area contributed by atoms with Gasteiger partial charge in [-0.1, -0.05) is 25.1 Å². The molecule has 0 aliphatic carbocycles. The third-order valence-electron chi connectivity index (χ3n) is 5.13. The molecule has 0 saturated heterocycles. The Morgan fingerprint density at radius 1 is 1.09 bits per heavy atom. The molecule has 0 aliphatic rings. The predicted molar refractivity (Wildman–Crippen MR) is 128 cm³/mol. The molecule has 0 unspecified atom stereocenters. The van der Waals surface area contributed by atoms with E-state index in [1.165, 1.54) is 11.9 Å². The van der Waals surface area contributed by atoms with Crippen molar-refractivity contribution in [1.82, 2.24) is 19.6 Å². The Balaban J connectivity index is 1.55. The summed E-state index contributed by atoms with van der Waals surface area (Å²) >= 11 is 1.61. The SMILES string of the molecule is CCCc1c(C)nc2ncnn2c1Sc1ccc(NC(=O)c2cc(OC)cc(OC)c2)cc1. The topological polar surface area (TPSA) is 90.6 Å². The van der Waals surface area contributed by atoms with Crippen LogP contribution in [0.3, 0.4) is 0 Å². The molecular formula is C24H25N5O3S. The number of anilines is 1. The van der Waals surface area contributed by atoms with E-state index in [1.807, 2.05) is 31.2 Å². The van der Waals surface area contributed by atoms with Gasteiger partial charge in [-0.05, 0) is 49.7 Å². The van der Waals surface area contributed by atoms with Gasteiger partial charge in [0.1, 0.15) is 22.9 Å². The zero-order valence-electron chi connectivity index (χ0n) is 19.0. The highest BCUT2D eigenvalue weighted by molar-refractivity contribution is 7.99. The van der Waals surface area contributed by atoms with Crippen molar-refractivity contribution < 1.29 is 14.3 Å². The summed E-state index contributed by atoms with van der Waals surface area (Å²) in [7, 11) is 3.10. The molecule has 1 amide bonds. The molecule has 2 aromatic carbocycles. The number of fused-ring (bicyclic) bond motifs is 1. The number of hydrogen-bond donors (Lipinski definition) is 1. The van der Waals surface area contributed by atoms with E-state index in [4.69, 9.17) is 9.47 Å². The standard InChI is InChI=1S/C24H25N5O3S/c1-5-6-21-15(2)27-24-25-14-26-29(24)23(21)33-20-9-7-17(8-10-20)28-22(30)16-11-18(31-3)13-19(12-16)32-4/h7-14H,5-6H2,1-4H3,(H,28,30). The van der Waals surface area contributed by atoms with Gasteiger partial charge in [0.05, 0.1) is 14.2 Å². The van der Waals surface area contributed by atoms with Gasteiger partial charge in [0, 0.05) is 33.5 Å². The minimum Gasteiger partial charge on any atom is -0.497 e. The normalized spacial score (nSPS) is 10.9. The van der Waals surface area contributed by atoms with Crippen LogP contribution in [-0.4, -0.2) is 39.7 Å². The molecule has 0 fully saturated rings. The number of methoxy groups -OCH3 is 2. The van der Waals surface area contributed by atoms with Crippen LogP contribution in [0.5, 0.6) is 11.5 Å². The highest BCUT2D eigenvalue weighted by Crippen LogP contribution is 2.33. The summed E-state index contributed by atoms with van der Waals surface area (Å²) in [5, 5.41) is 8.29. The van der Waals surface area contributed by atoms with Crippen LogP contribution < -0.4 is 14.8 Å². The summed E-state index contributed by atoms with van der Waals surface area (Å²) in [6, 6.07) is 12.8. The fourth-order valence-corrected chi connectivity index (χ4v) is 4.54. The molecule has 170 valence electrons. The summed E-state index contributed by atoms with van der Waals surface area (Å²) in [5.74, 6) is 1.46. The predicted octanol–water partition coefficient (Wildman–Crippen LogP) is 4.81. The summed E-state index contributed by atoms with van der Waals surface area (Å²) in [6.45, 7) is 4.16. The Bertz CT molecular complexity index is 1270. The van der Waals surface area contributed by atoms with Crippen molar-refractivity contribution in [3.05, 3.63) is 65.6 Å². The average molecular weight is 464 g/mol. The summed E-state index contributed by atoms with van der Waals surface area (Å²) in [6.07, 6.45) is 3.44. The van der Waals surface area contributed by atoms with E-state index in [-0.39, 0.29) is 5.91 Å². The smallest absolute Gasteiger partial charge is 0.255 e. The number of hydrogen-bond acceptors (Lipinski definition) is 7. The lowest BCUT2D eigenvalue weighted by Gasteiger charge is -2.13. The highest BCUT2D eigenvalue weighted by atomic mass is 32.2. The molecule has 0 aliphatic heterocycles. The van der Waals surface area contributed by atoms with E-state index < -0.39 is 0 Å². The quantitative estimate of drug-likeness (QED) is 0.375. The first-order valence-corrected chi connectivity index (χ1v) is 11.4. The van der Waals surface area contributed by atoms with E-state index in [0.29, 0.717) is 28.5 Å². The number of carbonyl (C=O) groups excluding carboxylic acids is 1. The van der Waals surface area contributed by atoms with Crippen LogP contribution in [0.1, 0.15) is 35.0 Å². The number of amides is 1. The molecule has 2 aromatic heterocycles. The van der Waals surface area contributed by atoms with Crippen molar-refractivity contribution in [2.75, 3.05) is 19.5 Å². The maximum Gasteiger partial charge on any atom is 0.255 e. The van der Waals surface area contributed by atoms with Gasteiger partial charge in [-0.25, -0.2) is 4.98 Å². The van der Waals surface area contributed by atoms with Gasteiger partial charge in [-0.3, -0.25) is 4.79 Å². The fraction of sp³-hybridized carbons (Fsp3) is 0.250. The van der Waals surface area contributed by atoms with E-state index in [1.54, 1.807) is 48.7 Å². The monoisotopic (exact) mass is 463 g/mol. The van der Waals surface area contributed by atoms with Crippen molar-refractivity contribution >= 4 is 29.1 Å². The molecule has 0 spiro atoms. The molecule has 0 atom stereocenters. The van der Waals surface area contributed by atoms with Gasteiger partial charge in [0.2, 0.25) is 0 Å². The molecule has 0 radical (unpaired) electrons. The second-order valence-corrected chi connectivity index (χ2v) is 8.45. The third kappa shape index (κ3) is 4.93. The summed E-state index contributed by atoms with van der Waals surface area (Å²) in [5.41, 5.74) is 3.29. The molecule has 2 heterocycles. The largest absolute Gasteiger partial charge is 0.497 e. The zero-order valence-corrected chi connectivity index (χ0v) is 19.8. The molecule has 0 bridgehead atoms. The second kappa shape index (κ2) is 9.91. The van der Waals surface area contributed by atoms with Crippen molar-refractivity contribution in [1.29, 1.82) is 0 Å². The van der Waals surface area contributed by atoms with E-state index in [9.17, 15) is 4.79 Å². The first-order valence-electron chi connectivity index (χ1n) is 10.5. The first-order chi connectivity index (χ1) is 16.0. The van der Waals surface area contributed by atoms with Crippen LogP contribution in [0.4, 0.5) is 5.69 Å². The van der Waals surface area contributed by atoms with Gasteiger partial charge in [0.15, 0.2) is 0 Å². The molecule has 4 aromatic rings. The van der Waals surface area contributed by atoms with Crippen LogP contribution in [0.2, 0.25) is 0 Å². The molecule has 33 heavy (non-hydrogen) atoms. The van der Waals surface area contributed by atoms with Crippen LogP contribution in [0, 0.1) is 6.92 Å². The number of carbonyl (C=O) groups is 1. The molecule has 4 rings (SSSR count). The Morgan fingerprint density at radius 3 is 2.42 bits per heavy atom. The van der Waals surface area contributed by atoms with Crippen LogP contribution in [0.25, 0.3) is 5.78 Å². The molecule has 0 saturated carbocycles. The first kappa shape index (κ1) is 22.6. The summed E-state index contributed by atoms with van der Waals surface area (Å²) < 4.78 is 12.3. The fourth-order valence-electron chi connectivity index (χ4n) is 3.46. The molecule has 1 N–H and O–H groups in total. The lowest BCUT2D eigenvalue weighted by atomic mass is 10.1. The Kier molecular flexibility index (Phi) is 6.79. The van der Waals surface area contributed by atoms with Gasteiger partial charge in [-0.2, -0.15) is 14.6 Å². The lowest BCUT2D eigenvalue weighted by molar-refractivity contribution is 0.102. The minimum absolute atomic E-state index is 0.244. The number of ether oxygens (including phenoxy) is 2. The van der Waals surface area contributed by atoms with Crippen molar-refractivity contribution in [2.24, 2.45) is 0 Å². The van der Waals surface area contributed by atoms with Gasteiger partial charge in [0.25, 0.3) is 11.7 Å². The van der Waals surface area contributed by atoms with Crippen LogP contribution in [-0.2, 0) is 6.42 Å². The van der Waals surface area contributed by atoms with Gasteiger partial charge < -0.3 is 14.8 Å². The second-order valence-electron chi connectivity index (χ2n) is 7.38. The number of benzene rings is 2. The van der Waals surface area contributed by atoms with Crippen molar-refractivity contribution in [2.45, 2.75) is 36.6 Å². The Labute approximate surface area is 196 Å². The highest BCUT2D eigenvalue weighted by Gasteiger charge is 2.16. The van der Waals surface area contributed by atoms with E-state index in [0.717, 1.165) is 28.5 Å². The van der Waals surface area contributed by atoms with Crippen LogP contribution >= 0.6 is 11.8 Å². The minimum atomic E-state index is -0.244. The van der Waals surface area contributed by atoms with Crippen molar-refractivity contribution in [3.8, 4) is 11.5 Å². The van der Waals surface area contributed by atoms with Crippen LogP contribution in [0.15, 0.2) is 58.7 Å². The average Bonchev–Trinajstić information content (AvgIpc) is 3.30. The Morgan fingerprint density at radius 2 is 1.79 bits per heavy atom. The maximum atomic E-state index is 12.7.